The zero-order valence-corrected chi connectivity index (χ0v) is 18.9. The fourth-order valence-corrected chi connectivity index (χ4v) is 3.75. The van der Waals surface area contributed by atoms with Crippen molar-refractivity contribution in [2.24, 2.45) is 5.92 Å². The molecule has 1 atom stereocenters. The van der Waals surface area contributed by atoms with Gasteiger partial charge in [0.15, 0.2) is 0 Å². The van der Waals surface area contributed by atoms with E-state index in [2.05, 4.69) is 0 Å². The quantitative estimate of drug-likeness (QED) is 0.628. The smallest absolute Gasteiger partial charge is 0.225 e. The molecule has 7 heteroatoms. The molecule has 1 aliphatic rings. The Bertz CT molecular complexity index is 904. The SMILES string of the molecule is CC(C)C(=O)N1CCO[C@](COc2ccc(F)cc2)(CC(=O)N(C)Cc2ccccc2)C1. The predicted octanol–water partition coefficient (Wildman–Crippen LogP) is 3.51. The monoisotopic (exact) mass is 442 g/mol. The van der Waals surface area contributed by atoms with Crippen LogP contribution in [0.15, 0.2) is 54.6 Å². The molecule has 3 rings (SSSR count). The molecule has 0 saturated carbocycles. The lowest BCUT2D eigenvalue weighted by molar-refractivity contribution is -0.167. The van der Waals surface area contributed by atoms with Gasteiger partial charge in [0, 0.05) is 26.1 Å². The van der Waals surface area contributed by atoms with Crippen LogP contribution in [0.4, 0.5) is 4.39 Å². The number of ether oxygens (including phenoxy) is 2. The molecular weight excluding hydrogens is 411 g/mol. The molecule has 1 saturated heterocycles. The van der Waals surface area contributed by atoms with E-state index in [1.54, 1.807) is 16.8 Å². The van der Waals surface area contributed by atoms with Crippen molar-refractivity contribution in [2.75, 3.05) is 33.4 Å². The van der Waals surface area contributed by atoms with Gasteiger partial charge in [0.2, 0.25) is 11.8 Å². The second-order valence-electron chi connectivity index (χ2n) is 8.60. The number of carbonyl (C=O) groups excluding carboxylic acids is 2. The number of rotatable bonds is 8. The third-order valence-electron chi connectivity index (χ3n) is 5.53. The number of nitrogens with zero attached hydrogens (tertiary/aromatic N) is 2. The Morgan fingerprint density at radius 2 is 1.84 bits per heavy atom. The van der Waals surface area contributed by atoms with Gasteiger partial charge in [-0.2, -0.15) is 0 Å². The van der Waals surface area contributed by atoms with E-state index in [0.717, 1.165) is 5.56 Å². The van der Waals surface area contributed by atoms with Gasteiger partial charge in [-0.3, -0.25) is 9.59 Å². The zero-order chi connectivity index (χ0) is 23.1. The van der Waals surface area contributed by atoms with Crippen molar-refractivity contribution in [3.63, 3.8) is 0 Å². The number of benzene rings is 2. The molecule has 1 heterocycles. The van der Waals surface area contributed by atoms with Crippen molar-refractivity contribution in [3.8, 4) is 5.75 Å². The van der Waals surface area contributed by atoms with Crippen LogP contribution in [0.2, 0.25) is 0 Å². The largest absolute Gasteiger partial charge is 0.490 e. The molecule has 0 spiro atoms. The van der Waals surface area contributed by atoms with E-state index in [4.69, 9.17) is 9.47 Å². The Kier molecular flexibility index (Phi) is 7.85. The van der Waals surface area contributed by atoms with Crippen molar-refractivity contribution < 1.29 is 23.5 Å². The first-order valence-electron chi connectivity index (χ1n) is 10.9. The van der Waals surface area contributed by atoms with Crippen LogP contribution in [0.25, 0.3) is 0 Å². The molecule has 0 aliphatic carbocycles. The second-order valence-corrected chi connectivity index (χ2v) is 8.60. The van der Waals surface area contributed by atoms with Gasteiger partial charge in [0.05, 0.1) is 19.6 Å². The standard InChI is InChI=1S/C25H31FN2O4/c1-19(2)24(30)28-13-14-32-25(17-28,18-31-22-11-9-21(26)10-12-22)15-23(29)27(3)16-20-7-5-4-6-8-20/h4-12,19H,13-18H2,1-3H3/t25-/m1/s1. The number of morpholine rings is 1. The van der Waals surface area contributed by atoms with Crippen molar-refractivity contribution in [2.45, 2.75) is 32.4 Å². The third kappa shape index (κ3) is 6.29. The number of halogens is 1. The van der Waals surface area contributed by atoms with Gasteiger partial charge in [-0.05, 0) is 29.8 Å². The van der Waals surface area contributed by atoms with Gasteiger partial charge in [-0.25, -0.2) is 4.39 Å². The van der Waals surface area contributed by atoms with Crippen LogP contribution in [-0.2, 0) is 20.9 Å². The van der Waals surface area contributed by atoms with Crippen LogP contribution >= 0.6 is 0 Å². The molecule has 6 nitrogen and oxygen atoms in total. The van der Waals surface area contributed by atoms with E-state index in [0.29, 0.717) is 25.4 Å². The Morgan fingerprint density at radius 3 is 2.50 bits per heavy atom. The zero-order valence-electron chi connectivity index (χ0n) is 18.9. The minimum atomic E-state index is -0.987. The summed E-state index contributed by atoms with van der Waals surface area (Å²) in [5.41, 5.74) is 0.0419. The van der Waals surface area contributed by atoms with Gasteiger partial charge >= 0.3 is 0 Å². The van der Waals surface area contributed by atoms with Crippen LogP contribution < -0.4 is 4.74 Å². The van der Waals surface area contributed by atoms with Gasteiger partial charge < -0.3 is 19.3 Å². The number of carbonyl (C=O) groups is 2. The van der Waals surface area contributed by atoms with E-state index < -0.39 is 5.60 Å². The summed E-state index contributed by atoms with van der Waals surface area (Å²) in [5.74, 6) is -0.112. The first-order valence-corrected chi connectivity index (χ1v) is 10.9. The summed E-state index contributed by atoms with van der Waals surface area (Å²) < 4.78 is 25.2. The second kappa shape index (κ2) is 10.6. The molecule has 1 aliphatic heterocycles. The third-order valence-corrected chi connectivity index (χ3v) is 5.53. The summed E-state index contributed by atoms with van der Waals surface area (Å²) in [6.45, 7) is 5.32. The van der Waals surface area contributed by atoms with Gasteiger partial charge in [0.1, 0.15) is 23.8 Å². The molecule has 0 bridgehead atoms. The van der Waals surface area contributed by atoms with E-state index in [1.807, 2.05) is 44.2 Å². The van der Waals surface area contributed by atoms with Crippen molar-refractivity contribution in [1.29, 1.82) is 0 Å². The molecule has 0 unspecified atom stereocenters. The lowest BCUT2D eigenvalue weighted by atomic mass is 9.96. The lowest BCUT2D eigenvalue weighted by Crippen LogP contribution is -2.58. The first-order chi connectivity index (χ1) is 15.3. The summed E-state index contributed by atoms with van der Waals surface area (Å²) in [5, 5.41) is 0. The van der Waals surface area contributed by atoms with Crippen LogP contribution in [0.1, 0.15) is 25.8 Å². The highest BCUT2D eigenvalue weighted by molar-refractivity contribution is 5.79. The maximum Gasteiger partial charge on any atom is 0.225 e. The summed E-state index contributed by atoms with van der Waals surface area (Å²) in [7, 11) is 1.75. The minimum Gasteiger partial charge on any atom is -0.490 e. The van der Waals surface area contributed by atoms with Gasteiger partial charge in [-0.1, -0.05) is 44.2 Å². The molecule has 0 radical (unpaired) electrons. The van der Waals surface area contributed by atoms with Crippen LogP contribution in [-0.4, -0.2) is 60.6 Å². The fraction of sp³-hybridized carbons (Fsp3) is 0.440. The molecule has 0 N–H and O–H groups in total. The van der Waals surface area contributed by atoms with Crippen molar-refractivity contribution in [1.82, 2.24) is 9.80 Å². The summed E-state index contributed by atoms with van der Waals surface area (Å²) in [4.78, 5) is 29.2. The molecule has 2 aromatic carbocycles. The normalized spacial score (nSPS) is 18.5. The Labute approximate surface area is 188 Å². The molecule has 32 heavy (non-hydrogen) atoms. The average Bonchev–Trinajstić information content (AvgIpc) is 2.79. The maximum absolute atomic E-state index is 13.2. The average molecular weight is 443 g/mol. The van der Waals surface area contributed by atoms with Crippen LogP contribution in [0.5, 0.6) is 5.75 Å². The highest BCUT2D eigenvalue weighted by Gasteiger charge is 2.42. The molecule has 0 aromatic heterocycles. The van der Waals surface area contributed by atoms with Gasteiger partial charge in [-0.15, -0.1) is 0 Å². The number of hydrogen-bond acceptors (Lipinski definition) is 4. The van der Waals surface area contributed by atoms with Crippen molar-refractivity contribution >= 4 is 11.8 Å². The highest BCUT2D eigenvalue weighted by Crippen LogP contribution is 2.26. The van der Waals surface area contributed by atoms with Crippen molar-refractivity contribution in [3.05, 3.63) is 66.0 Å². The van der Waals surface area contributed by atoms with Crippen LogP contribution in [0.3, 0.4) is 0 Å². The molecule has 1 fully saturated rings. The number of amides is 2. The van der Waals surface area contributed by atoms with Gasteiger partial charge in [0.25, 0.3) is 0 Å². The first kappa shape index (κ1) is 23.7. The predicted molar refractivity (Wildman–Crippen MR) is 120 cm³/mol. The molecule has 2 amide bonds. The summed E-state index contributed by atoms with van der Waals surface area (Å²) in [6.07, 6.45) is 0.0689. The lowest BCUT2D eigenvalue weighted by Gasteiger charge is -2.43. The minimum absolute atomic E-state index is 0.0181. The maximum atomic E-state index is 13.2. The van der Waals surface area contributed by atoms with E-state index in [-0.39, 0.29) is 43.1 Å². The van der Waals surface area contributed by atoms with Crippen LogP contribution in [0, 0.1) is 11.7 Å². The summed E-state index contributed by atoms with van der Waals surface area (Å²) in [6, 6.07) is 15.4. The molecular formula is C25H31FN2O4. The van der Waals surface area contributed by atoms with E-state index >= 15 is 0 Å². The topological polar surface area (TPSA) is 59.1 Å². The fourth-order valence-electron chi connectivity index (χ4n) is 3.75. The van der Waals surface area contributed by atoms with E-state index in [9.17, 15) is 14.0 Å². The highest BCUT2D eigenvalue weighted by atomic mass is 19.1. The number of hydrogen-bond donors (Lipinski definition) is 0. The molecule has 172 valence electrons. The Hall–Kier alpha value is -2.93. The Balaban J connectivity index is 1.75. The molecule has 2 aromatic rings. The summed E-state index contributed by atoms with van der Waals surface area (Å²) >= 11 is 0. The van der Waals surface area contributed by atoms with E-state index in [1.165, 1.54) is 24.3 Å². The Morgan fingerprint density at radius 1 is 1.16 bits per heavy atom.